The maximum absolute atomic E-state index is 13.4. The van der Waals surface area contributed by atoms with Gasteiger partial charge in [-0.1, -0.05) is 36.7 Å². The number of hydrogen-bond donors (Lipinski definition) is 1. The molecule has 6 nitrogen and oxygen atoms in total. The zero-order valence-corrected chi connectivity index (χ0v) is 21.4. The molecule has 1 atom stereocenters. The summed E-state index contributed by atoms with van der Waals surface area (Å²) < 4.78 is 11.1. The van der Waals surface area contributed by atoms with E-state index >= 15 is 0 Å². The molecule has 4 rings (SSSR count). The Morgan fingerprint density at radius 1 is 1.03 bits per heavy atom. The lowest BCUT2D eigenvalue weighted by molar-refractivity contribution is -0.132. The molecule has 0 bridgehead atoms. The van der Waals surface area contributed by atoms with Gasteiger partial charge >= 0.3 is 0 Å². The van der Waals surface area contributed by atoms with Crippen molar-refractivity contribution in [2.45, 2.75) is 33.2 Å². The SMILES string of the molecule is CCCOc1ccc(/C(O)=C2\C(=O)C(=O)N(c3ccc(C)c(Cl)c3)C2c2cccc(OC)c2)cc1C. The molecule has 0 aromatic heterocycles. The Morgan fingerprint density at radius 2 is 1.81 bits per heavy atom. The van der Waals surface area contributed by atoms with Crippen LogP contribution in [0.1, 0.15) is 41.6 Å². The summed E-state index contributed by atoms with van der Waals surface area (Å²) in [5.41, 5.74) is 3.14. The van der Waals surface area contributed by atoms with Crippen LogP contribution >= 0.6 is 11.6 Å². The maximum Gasteiger partial charge on any atom is 0.300 e. The van der Waals surface area contributed by atoms with Crippen LogP contribution in [0.2, 0.25) is 5.02 Å². The number of halogens is 1. The van der Waals surface area contributed by atoms with E-state index < -0.39 is 17.7 Å². The van der Waals surface area contributed by atoms with Crippen LogP contribution < -0.4 is 14.4 Å². The highest BCUT2D eigenvalue weighted by molar-refractivity contribution is 6.51. The topological polar surface area (TPSA) is 76.1 Å². The Balaban J connectivity index is 1.90. The van der Waals surface area contributed by atoms with Crippen LogP contribution in [0.5, 0.6) is 11.5 Å². The van der Waals surface area contributed by atoms with E-state index in [1.807, 2.05) is 20.8 Å². The average Bonchev–Trinajstić information content (AvgIpc) is 3.14. The first-order valence-corrected chi connectivity index (χ1v) is 12.1. The summed E-state index contributed by atoms with van der Waals surface area (Å²) in [6.45, 7) is 6.32. The van der Waals surface area contributed by atoms with Gasteiger partial charge in [0.15, 0.2) is 0 Å². The van der Waals surface area contributed by atoms with Gasteiger partial charge in [-0.25, -0.2) is 0 Å². The van der Waals surface area contributed by atoms with E-state index in [1.54, 1.807) is 67.8 Å². The standard InChI is InChI=1S/C29H28ClNO5/c1-5-13-36-24-12-10-20(14-18(24)3)27(32)25-26(19-7-6-8-22(15-19)35-4)31(29(34)28(25)33)21-11-9-17(2)23(30)16-21/h6-12,14-16,26,32H,5,13H2,1-4H3/b27-25+. The normalized spacial score (nSPS) is 16.9. The molecule has 1 unspecified atom stereocenters. The number of ketones is 1. The van der Waals surface area contributed by atoms with E-state index in [0.29, 0.717) is 39.9 Å². The van der Waals surface area contributed by atoms with Crippen molar-refractivity contribution in [1.82, 2.24) is 0 Å². The molecule has 1 N–H and O–H groups in total. The molecule has 1 aliphatic rings. The molecule has 1 amide bonds. The number of nitrogens with zero attached hydrogens (tertiary/aromatic N) is 1. The van der Waals surface area contributed by atoms with Gasteiger partial charge < -0.3 is 14.6 Å². The van der Waals surface area contributed by atoms with Crippen molar-refractivity contribution in [3.05, 3.63) is 93.5 Å². The third-order valence-corrected chi connectivity index (χ3v) is 6.60. The first-order chi connectivity index (χ1) is 17.3. The number of amides is 1. The number of rotatable bonds is 7. The second-order valence-electron chi connectivity index (χ2n) is 8.71. The monoisotopic (exact) mass is 505 g/mol. The number of carbonyl (C=O) groups is 2. The Bertz CT molecular complexity index is 1360. The quantitative estimate of drug-likeness (QED) is 0.229. The highest BCUT2D eigenvalue weighted by Crippen LogP contribution is 2.43. The molecule has 7 heteroatoms. The van der Waals surface area contributed by atoms with Crippen LogP contribution in [-0.2, 0) is 9.59 Å². The first-order valence-electron chi connectivity index (χ1n) is 11.7. The largest absolute Gasteiger partial charge is 0.507 e. The summed E-state index contributed by atoms with van der Waals surface area (Å²) in [5.74, 6) is -0.516. The van der Waals surface area contributed by atoms with Crippen LogP contribution in [0.4, 0.5) is 5.69 Å². The van der Waals surface area contributed by atoms with Crippen molar-refractivity contribution in [3.63, 3.8) is 0 Å². The van der Waals surface area contributed by atoms with Gasteiger partial charge in [-0.15, -0.1) is 0 Å². The highest BCUT2D eigenvalue weighted by atomic mass is 35.5. The molecule has 0 saturated carbocycles. The van der Waals surface area contributed by atoms with Crippen molar-refractivity contribution in [2.24, 2.45) is 0 Å². The second-order valence-corrected chi connectivity index (χ2v) is 9.12. The molecule has 1 aliphatic heterocycles. The molecule has 186 valence electrons. The summed E-state index contributed by atoms with van der Waals surface area (Å²) in [4.78, 5) is 28.1. The molecule has 3 aromatic rings. The number of carbonyl (C=O) groups excluding carboxylic acids is 2. The van der Waals surface area contributed by atoms with E-state index in [4.69, 9.17) is 21.1 Å². The fourth-order valence-corrected chi connectivity index (χ4v) is 4.46. The summed E-state index contributed by atoms with van der Waals surface area (Å²) in [6.07, 6.45) is 0.869. The van der Waals surface area contributed by atoms with Gasteiger partial charge in [-0.05, 0) is 79.4 Å². The number of benzene rings is 3. The molecule has 36 heavy (non-hydrogen) atoms. The van der Waals surface area contributed by atoms with Crippen molar-refractivity contribution >= 4 is 34.7 Å². The van der Waals surface area contributed by atoms with Gasteiger partial charge in [0.25, 0.3) is 11.7 Å². The third-order valence-electron chi connectivity index (χ3n) is 6.20. The van der Waals surface area contributed by atoms with E-state index in [-0.39, 0.29) is 11.3 Å². The Kier molecular flexibility index (Phi) is 7.36. The van der Waals surface area contributed by atoms with Gasteiger partial charge in [0.2, 0.25) is 0 Å². The van der Waals surface area contributed by atoms with Gasteiger partial charge in [-0.3, -0.25) is 14.5 Å². The van der Waals surface area contributed by atoms with Crippen molar-refractivity contribution in [1.29, 1.82) is 0 Å². The predicted octanol–water partition coefficient (Wildman–Crippen LogP) is 6.38. The molecule has 3 aromatic carbocycles. The minimum absolute atomic E-state index is 0.00780. The molecule has 1 fully saturated rings. The fraction of sp³-hybridized carbons (Fsp3) is 0.241. The molecule has 1 heterocycles. The van der Waals surface area contributed by atoms with Crippen molar-refractivity contribution in [2.75, 3.05) is 18.6 Å². The summed E-state index contributed by atoms with van der Waals surface area (Å²) in [6, 6.07) is 16.6. The average molecular weight is 506 g/mol. The minimum atomic E-state index is -0.879. The van der Waals surface area contributed by atoms with Crippen LogP contribution in [0.3, 0.4) is 0 Å². The fourth-order valence-electron chi connectivity index (χ4n) is 4.28. The van der Waals surface area contributed by atoms with Crippen LogP contribution in [0.25, 0.3) is 5.76 Å². The molecular formula is C29H28ClNO5. The number of Topliss-reactive ketones (excluding diaryl/α,β-unsaturated/α-hetero) is 1. The predicted molar refractivity (Wildman–Crippen MR) is 141 cm³/mol. The highest BCUT2D eigenvalue weighted by Gasteiger charge is 2.47. The minimum Gasteiger partial charge on any atom is -0.507 e. The molecular weight excluding hydrogens is 478 g/mol. The number of hydrogen-bond acceptors (Lipinski definition) is 5. The van der Waals surface area contributed by atoms with Crippen LogP contribution in [0, 0.1) is 13.8 Å². The lowest BCUT2D eigenvalue weighted by Crippen LogP contribution is -2.29. The lowest BCUT2D eigenvalue weighted by atomic mass is 9.94. The zero-order chi connectivity index (χ0) is 26.0. The molecule has 0 spiro atoms. The Hall–Kier alpha value is -3.77. The second kappa shape index (κ2) is 10.5. The first kappa shape index (κ1) is 25.3. The van der Waals surface area contributed by atoms with Gasteiger partial charge in [-0.2, -0.15) is 0 Å². The number of aryl methyl sites for hydroxylation is 2. The Morgan fingerprint density at radius 3 is 2.47 bits per heavy atom. The van der Waals surface area contributed by atoms with E-state index in [1.165, 1.54) is 4.90 Å². The van der Waals surface area contributed by atoms with Gasteiger partial charge in [0.1, 0.15) is 17.3 Å². The maximum atomic E-state index is 13.4. The van der Waals surface area contributed by atoms with Crippen LogP contribution in [-0.4, -0.2) is 30.5 Å². The van der Waals surface area contributed by atoms with Gasteiger partial charge in [0.05, 0.1) is 25.3 Å². The van der Waals surface area contributed by atoms with Crippen molar-refractivity contribution < 1.29 is 24.2 Å². The smallest absolute Gasteiger partial charge is 0.300 e. The molecule has 1 saturated heterocycles. The number of aliphatic hydroxyl groups is 1. The number of methoxy groups -OCH3 is 1. The number of anilines is 1. The molecule has 0 aliphatic carbocycles. The number of aliphatic hydroxyl groups excluding tert-OH is 1. The van der Waals surface area contributed by atoms with E-state index in [0.717, 1.165) is 17.5 Å². The zero-order valence-electron chi connectivity index (χ0n) is 20.7. The van der Waals surface area contributed by atoms with Gasteiger partial charge in [0, 0.05) is 16.3 Å². The van der Waals surface area contributed by atoms with E-state index in [9.17, 15) is 14.7 Å². The summed E-state index contributed by atoms with van der Waals surface area (Å²) in [7, 11) is 1.54. The van der Waals surface area contributed by atoms with E-state index in [2.05, 4.69) is 0 Å². The Labute approximate surface area is 215 Å². The lowest BCUT2D eigenvalue weighted by Gasteiger charge is -2.26. The summed E-state index contributed by atoms with van der Waals surface area (Å²) >= 11 is 6.36. The number of ether oxygens (including phenoxy) is 2. The molecule has 0 radical (unpaired) electrons. The van der Waals surface area contributed by atoms with Crippen LogP contribution in [0.15, 0.2) is 66.2 Å². The third kappa shape index (κ3) is 4.69. The van der Waals surface area contributed by atoms with Crippen molar-refractivity contribution in [3.8, 4) is 11.5 Å². The summed E-state index contributed by atoms with van der Waals surface area (Å²) in [5, 5.41) is 11.9.